The Kier molecular flexibility index (Phi) is 5.64. The molecule has 0 aromatic carbocycles. The van der Waals surface area contributed by atoms with Gasteiger partial charge in [-0.2, -0.15) is 4.98 Å². The van der Waals surface area contributed by atoms with Crippen molar-refractivity contribution in [2.24, 2.45) is 0 Å². The molecule has 1 aliphatic rings. The molecule has 0 amide bonds. The second kappa shape index (κ2) is 7.47. The van der Waals surface area contributed by atoms with Crippen LogP contribution in [0.4, 0.5) is 5.95 Å². The number of anilines is 1. The van der Waals surface area contributed by atoms with Gasteiger partial charge in [-0.15, -0.1) is 0 Å². The molecule has 0 aliphatic carbocycles. The first-order valence-corrected chi connectivity index (χ1v) is 11.3. The van der Waals surface area contributed by atoms with Gasteiger partial charge in [-0.05, 0) is 10.1 Å². The summed E-state index contributed by atoms with van der Waals surface area (Å²) in [6, 6.07) is 0. The van der Waals surface area contributed by atoms with Crippen LogP contribution in [-0.4, -0.2) is 63.7 Å². The zero-order chi connectivity index (χ0) is 21.7. The average Bonchev–Trinajstić information content (AvgIpc) is 3.11. The van der Waals surface area contributed by atoms with Gasteiger partial charge < -0.3 is 25.1 Å². The maximum atomic E-state index is 12.0. The minimum absolute atomic E-state index is 0.0591. The lowest BCUT2D eigenvalue weighted by molar-refractivity contribution is -0.0506. The largest absolute Gasteiger partial charge is 0.411 e. The number of nitrogens with one attached hydrogen (secondary N) is 1. The zero-order valence-corrected chi connectivity index (χ0v) is 18.9. The molecular weight excluding hydrogens is 394 g/mol. The molecule has 3 rings (SSSR count). The first-order chi connectivity index (χ1) is 13.3. The lowest BCUT2D eigenvalue weighted by Crippen LogP contribution is -2.47. The van der Waals surface area contributed by atoms with Crippen LogP contribution in [0, 0.1) is 0 Å². The molecule has 0 spiro atoms. The first-order valence-electron chi connectivity index (χ1n) is 9.66. The third-order valence-electron chi connectivity index (χ3n) is 5.08. The Hall–Kier alpha value is -1.79. The van der Waals surface area contributed by atoms with Gasteiger partial charge in [0, 0.05) is 0 Å². The van der Waals surface area contributed by atoms with E-state index >= 15 is 0 Å². The SMILES string of the molecule is CC(C)(C)[SiH](OC1C(O)[C@H](n2cnc3c(=O)[nH]c(N)nc32)O[C@@H]1CO)C(C)(C)C. The summed E-state index contributed by atoms with van der Waals surface area (Å²) in [5.41, 5.74) is 5.48. The normalized spacial score (nSPS) is 26.0. The van der Waals surface area contributed by atoms with E-state index in [2.05, 4.69) is 56.5 Å². The minimum atomic E-state index is -1.89. The highest BCUT2D eigenvalue weighted by Crippen LogP contribution is 2.45. The Bertz CT molecular complexity index is 917. The van der Waals surface area contributed by atoms with Crippen molar-refractivity contribution in [2.45, 2.75) is 76.2 Å². The van der Waals surface area contributed by atoms with E-state index in [1.54, 1.807) is 0 Å². The summed E-state index contributed by atoms with van der Waals surface area (Å²) in [4.78, 5) is 22.6. The molecule has 2 unspecified atom stereocenters. The predicted octanol–water partition coefficient (Wildman–Crippen LogP) is 0.662. The van der Waals surface area contributed by atoms with Gasteiger partial charge in [0.2, 0.25) is 5.95 Å². The molecule has 0 bridgehead atoms. The Morgan fingerprint density at radius 1 is 1.31 bits per heavy atom. The molecule has 3 heterocycles. The molecule has 1 saturated heterocycles. The van der Waals surface area contributed by atoms with E-state index in [0.29, 0.717) is 0 Å². The number of rotatable bonds is 4. The molecule has 0 saturated carbocycles. The monoisotopic (exact) mass is 425 g/mol. The van der Waals surface area contributed by atoms with E-state index in [4.69, 9.17) is 14.9 Å². The predicted molar refractivity (Wildman–Crippen MR) is 111 cm³/mol. The van der Waals surface area contributed by atoms with Gasteiger partial charge in [-0.25, -0.2) is 4.98 Å². The maximum Gasteiger partial charge on any atom is 0.280 e. The van der Waals surface area contributed by atoms with Gasteiger partial charge in [-0.1, -0.05) is 41.5 Å². The molecule has 4 atom stereocenters. The number of aliphatic hydroxyl groups is 2. The van der Waals surface area contributed by atoms with Crippen LogP contribution in [0.3, 0.4) is 0 Å². The number of nitrogens with zero attached hydrogens (tertiary/aromatic N) is 3. The number of ether oxygens (including phenoxy) is 1. The molecule has 1 aliphatic heterocycles. The second-order valence-electron chi connectivity index (χ2n) is 9.73. The first kappa shape index (κ1) is 21.9. The average molecular weight is 426 g/mol. The van der Waals surface area contributed by atoms with E-state index in [-0.39, 0.29) is 33.8 Å². The number of H-pyrrole nitrogens is 1. The van der Waals surface area contributed by atoms with Gasteiger partial charge >= 0.3 is 0 Å². The van der Waals surface area contributed by atoms with E-state index in [0.717, 1.165) is 0 Å². The highest BCUT2D eigenvalue weighted by molar-refractivity contribution is 6.58. The van der Waals surface area contributed by atoms with Crippen LogP contribution in [0.25, 0.3) is 11.2 Å². The van der Waals surface area contributed by atoms with Crippen molar-refractivity contribution < 1.29 is 19.4 Å². The summed E-state index contributed by atoms with van der Waals surface area (Å²) in [6.45, 7) is 12.5. The van der Waals surface area contributed by atoms with Crippen molar-refractivity contribution in [3.63, 3.8) is 0 Å². The molecular formula is C18H31N5O5Si. The van der Waals surface area contributed by atoms with Crippen LogP contribution in [0.15, 0.2) is 11.1 Å². The number of aromatic amines is 1. The van der Waals surface area contributed by atoms with E-state index in [1.807, 2.05) is 0 Å². The summed E-state index contributed by atoms with van der Waals surface area (Å²) >= 11 is 0. The highest BCUT2D eigenvalue weighted by atomic mass is 28.3. The number of aliphatic hydroxyl groups excluding tert-OH is 2. The number of aromatic nitrogens is 4. The summed E-state index contributed by atoms with van der Waals surface area (Å²) in [5, 5.41) is 20.8. The lowest BCUT2D eigenvalue weighted by Gasteiger charge is -2.41. The van der Waals surface area contributed by atoms with Gasteiger partial charge in [0.25, 0.3) is 5.56 Å². The maximum absolute atomic E-state index is 12.0. The van der Waals surface area contributed by atoms with Gasteiger partial charge in [0.1, 0.15) is 18.3 Å². The zero-order valence-electron chi connectivity index (χ0n) is 17.7. The number of hydrogen-bond donors (Lipinski definition) is 4. The number of fused-ring (bicyclic) bond motifs is 1. The number of nitrogen functional groups attached to an aromatic ring is 1. The standard InChI is InChI=1S/C18H31N5O5Si/c1-17(2,3)29(18(4,5)6)28-12-9(7-24)27-15(11(12)25)23-8-20-10-13(23)21-16(19)22-14(10)26/h8-9,11-12,15,24-25,29H,7H2,1-6H3,(H3,19,21,22,26)/t9-,11?,12?,15-/m1/s1. The quantitative estimate of drug-likeness (QED) is 0.522. The van der Waals surface area contributed by atoms with Crippen LogP contribution in [0.1, 0.15) is 47.8 Å². The van der Waals surface area contributed by atoms with Crippen molar-refractivity contribution in [1.29, 1.82) is 0 Å². The lowest BCUT2D eigenvalue weighted by atomic mass is 10.1. The van der Waals surface area contributed by atoms with Crippen molar-refractivity contribution in [2.75, 3.05) is 12.3 Å². The van der Waals surface area contributed by atoms with Crippen LogP contribution in [0.5, 0.6) is 0 Å². The van der Waals surface area contributed by atoms with Crippen LogP contribution in [-0.2, 0) is 9.16 Å². The number of nitrogens with two attached hydrogens (primary N) is 1. The molecule has 5 N–H and O–H groups in total. The Morgan fingerprint density at radius 3 is 2.48 bits per heavy atom. The Morgan fingerprint density at radius 2 is 1.93 bits per heavy atom. The fourth-order valence-corrected chi connectivity index (χ4v) is 8.32. The summed E-state index contributed by atoms with van der Waals surface area (Å²) in [7, 11) is -1.89. The third-order valence-corrected chi connectivity index (χ3v) is 8.81. The fraction of sp³-hybridized carbons (Fsp3) is 0.722. The molecule has 29 heavy (non-hydrogen) atoms. The number of hydrogen-bond acceptors (Lipinski definition) is 8. The van der Waals surface area contributed by atoms with E-state index in [1.165, 1.54) is 10.9 Å². The molecule has 1 fully saturated rings. The molecule has 0 radical (unpaired) electrons. The van der Waals surface area contributed by atoms with Crippen LogP contribution >= 0.6 is 0 Å². The van der Waals surface area contributed by atoms with Crippen molar-refractivity contribution >= 4 is 26.2 Å². The summed E-state index contributed by atoms with van der Waals surface area (Å²) < 4.78 is 13.9. The van der Waals surface area contributed by atoms with Gasteiger partial charge in [-0.3, -0.25) is 14.3 Å². The molecule has 10 nitrogen and oxygen atoms in total. The van der Waals surface area contributed by atoms with Crippen LogP contribution < -0.4 is 11.3 Å². The Balaban J connectivity index is 1.97. The van der Waals surface area contributed by atoms with Crippen molar-refractivity contribution in [1.82, 2.24) is 19.5 Å². The van der Waals surface area contributed by atoms with Gasteiger partial charge in [0.05, 0.1) is 12.9 Å². The van der Waals surface area contributed by atoms with Crippen molar-refractivity contribution in [3.8, 4) is 0 Å². The minimum Gasteiger partial charge on any atom is -0.411 e. The second-order valence-corrected chi connectivity index (χ2v) is 14.2. The third kappa shape index (κ3) is 4.10. The van der Waals surface area contributed by atoms with Crippen molar-refractivity contribution in [3.05, 3.63) is 16.7 Å². The molecule has 2 aromatic rings. The van der Waals surface area contributed by atoms with E-state index in [9.17, 15) is 15.0 Å². The van der Waals surface area contributed by atoms with E-state index < -0.39 is 39.1 Å². The number of imidazole rings is 1. The Labute approximate surface area is 170 Å². The molecule has 162 valence electrons. The highest BCUT2D eigenvalue weighted by Gasteiger charge is 2.50. The molecule has 2 aromatic heterocycles. The van der Waals surface area contributed by atoms with Crippen LogP contribution in [0.2, 0.25) is 10.1 Å². The summed E-state index contributed by atoms with van der Waals surface area (Å²) in [6.07, 6.45) is -2.04. The smallest absolute Gasteiger partial charge is 0.280 e. The fourth-order valence-electron chi connectivity index (χ4n) is 4.26. The van der Waals surface area contributed by atoms with Gasteiger partial charge in [0.15, 0.2) is 26.4 Å². The topological polar surface area (TPSA) is 149 Å². The molecule has 11 heteroatoms. The summed E-state index contributed by atoms with van der Waals surface area (Å²) in [5.74, 6) is -0.0591.